The van der Waals surface area contributed by atoms with Gasteiger partial charge in [-0.1, -0.05) is 15.9 Å². The van der Waals surface area contributed by atoms with Crippen LogP contribution in [0.4, 0.5) is 5.69 Å². The van der Waals surface area contributed by atoms with Crippen molar-refractivity contribution in [2.45, 2.75) is 34.2 Å². The van der Waals surface area contributed by atoms with E-state index in [1.54, 1.807) is 0 Å². The van der Waals surface area contributed by atoms with Crippen LogP contribution in [0.3, 0.4) is 0 Å². The summed E-state index contributed by atoms with van der Waals surface area (Å²) in [4.78, 5) is 13.0. The molecular formula is C21H23BrN2O2. The van der Waals surface area contributed by atoms with Gasteiger partial charge in [-0.25, -0.2) is 0 Å². The Morgan fingerprint density at radius 3 is 2.58 bits per heavy atom. The number of carbonyl (C=O) groups is 1. The Hall–Kier alpha value is -2.27. The van der Waals surface area contributed by atoms with Gasteiger partial charge in [-0.3, -0.25) is 4.79 Å². The monoisotopic (exact) mass is 414 g/mol. The lowest BCUT2D eigenvalue weighted by Gasteiger charge is -2.11. The molecule has 1 heterocycles. The first-order valence-electron chi connectivity index (χ1n) is 8.79. The number of hydrogen-bond donors (Lipinski definition) is 1. The van der Waals surface area contributed by atoms with Crippen LogP contribution in [0.5, 0.6) is 5.75 Å². The average Bonchev–Trinajstić information content (AvgIpc) is 2.90. The van der Waals surface area contributed by atoms with Crippen molar-refractivity contribution in [3.05, 3.63) is 57.7 Å². The molecule has 0 radical (unpaired) electrons. The molecule has 136 valence electrons. The van der Waals surface area contributed by atoms with E-state index in [9.17, 15) is 4.79 Å². The number of halogens is 1. The number of benzene rings is 2. The maximum atomic E-state index is 13.0. The molecule has 1 aromatic heterocycles. The Kier molecular flexibility index (Phi) is 5.37. The first kappa shape index (κ1) is 18.5. The Morgan fingerprint density at radius 1 is 1.15 bits per heavy atom. The summed E-state index contributed by atoms with van der Waals surface area (Å²) in [6.45, 7) is 9.36. The molecule has 0 aliphatic carbocycles. The van der Waals surface area contributed by atoms with E-state index < -0.39 is 0 Å². The fourth-order valence-electron chi connectivity index (χ4n) is 3.29. The van der Waals surface area contributed by atoms with Crippen molar-refractivity contribution in [2.24, 2.45) is 0 Å². The smallest absolute Gasteiger partial charge is 0.272 e. The van der Waals surface area contributed by atoms with E-state index in [2.05, 4.69) is 32.7 Å². The number of hydrogen-bond acceptors (Lipinski definition) is 2. The molecule has 0 saturated heterocycles. The SMILES string of the molecule is CCOc1ccc2c(c1)c(C)c(C(=O)Nc1ccc(Br)c(C)c1)n2CC. The normalized spacial score (nSPS) is 11.0. The van der Waals surface area contributed by atoms with Crippen molar-refractivity contribution < 1.29 is 9.53 Å². The standard InChI is InChI=1S/C21H23BrN2O2/c1-5-24-19-10-8-16(26-6-2)12-17(19)14(4)20(24)21(25)23-15-7-9-18(22)13(3)11-15/h7-12H,5-6H2,1-4H3,(H,23,25). The summed E-state index contributed by atoms with van der Waals surface area (Å²) in [5.74, 6) is 0.729. The van der Waals surface area contributed by atoms with Gasteiger partial charge in [0.1, 0.15) is 11.4 Å². The van der Waals surface area contributed by atoms with Crippen LogP contribution >= 0.6 is 15.9 Å². The van der Waals surface area contributed by atoms with Gasteiger partial charge in [0.25, 0.3) is 5.91 Å². The Labute approximate surface area is 162 Å². The lowest BCUT2D eigenvalue weighted by Crippen LogP contribution is -2.18. The maximum Gasteiger partial charge on any atom is 0.272 e. The molecule has 0 aliphatic heterocycles. The number of nitrogens with one attached hydrogen (secondary N) is 1. The predicted molar refractivity (Wildman–Crippen MR) is 110 cm³/mol. The zero-order chi connectivity index (χ0) is 18.8. The quantitative estimate of drug-likeness (QED) is 0.582. The van der Waals surface area contributed by atoms with E-state index in [1.807, 2.05) is 57.2 Å². The fraction of sp³-hybridized carbons (Fsp3) is 0.286. The molecule has 0 atom stereocenters. The zero-order valence-electron chi connectivity index (χ0n) is 15.5. The third kappa shape index (κ3) is 3.36. The summed E-state index contributed by atoms with van der Waals surface area (Å²) >= 11 is 3.49. The van der Waals surface area contributed by atoms with Crippen LogP contribution in [0, 0.1) is 13.8 Å². The second-order valence-corrected chi connectivity index (χ2v) is 7.10. The number of fused-ring (bicyclic) bond motifs is 1. The van der Waals surface area contributed by atoms with Crippen LogP contribution in [0.15, 0.2) is 40.9 Å². The molecule has 3 rings (SSSR count). The lowest BCUT2D eigenvalue weighted by molar-refractivity contribution is 0.101. The Bertz CT molecular complexity index is 976. The van der Waals surface area contributed by atoms with Crippen LogP contribution in [0.2, 0.25) is 0 Å². The molecule has 0 saturated carbocycles. The van der Waals surface area contributed by atoms with Crippen LogP contribution in [-0.4, -0.2) is 17.1 Å². The summed E-state index contributed by atoms with van der Waals surface area (Å²) in [6.07, 6.45) is 0. The van der Waals surface area contributed by atoms with Gasteiger partial charge < -0.3 is 14.6 Å². The van der Waals surface area contributed by atoms with Crippen LogP contribution < -0.4 is 10.1 Å². The largest absolute Gasteiger partial charge is 0.494 e. The van der Waals surface area contributed by atoms with Crippen molar-refractivity contribution in [3.8, 4) is 5.75 Å². The minimum Gasteiger partial charge on any atom is -0.494 e. The van der Waals surface area contributed by atoms with Gasteiger partial charge in [0.15, 0.2) is 0 Å². The highest BCUT2D eigenvalue weighted by Crippen LogP contribution is 2.30. The van der Waals surface area contributed by atoms with E-state index in [-0.39, 0.29) is 5.91 Å². The number of amides is 1. The van der Waals surface area contributed by atoms with Gasteiger partial charge in [-0.05, 0) is 75.2 Å². The van der Waals surface area contributed by atoms with Gasteiger partial charge in [-0.15, -0.1) is 0 Å². The zero-order valence-corrected chi connectivity index (χ0v) is 17.1. The minimum atomic E-state index is -0.0970. The predicted octanol–water partition coefficient (Wildman–Crippen LogP) is 5.69. The van der Waals surface area contributed by atoms with Crippen molar-refractivity contribution in [1.29, 1.82) is 0 Å². The number of aryl methyl sites for hydroxylation is 3. The summed E-state index contributed by atoms with van der Waals surface area (Å²) < 4.78 is 8.70. The first-order valence-corrected chi connectivity index (χ1v) is 9.58. The number of rotatable bonds is 5. The average molecular weight is 415 g/mol. The molecule has 2 aromatic carbocycles. The highest BCUT2D eigenvalue weighted by molar-refractivity contribution is 9.10. The van der Waals surface area contributed by atoms with E-state index in [4.69, 9.17) is 4.74 Å². The summed E-state index contributed by atoms with van der Waals surface area (Å²) in [7, 11) is 0. The number of ether oxygens (including phenoxy) is 1. The van der Waals surface area contributed by atoms with Crippen molar-refractivity contribution in [2.75, 3.05) is 11.9 Å². The number of nitrogens with zero attached hydrogens (tertiary/aromatic N) is 1. The molecule has 26 heavy (non-hydrogen) atoms. The summed E-state index contributed by atoms with van der Waals surface area (Å²) in [5.41, 5.74) is 4.58. The number of anilines is 1. The summed E-state index contributed by atoms with van der Waals surface area (Å²) in [6, 6.07) is 11.8. The van der Waals surface area contributed by atoms with E-state index in [0.717, 1.165) is 44.5 Å². The van der Waals surface area contributed by atoms with Gasteiger partial charge in [0, 0.05) is 27.6 Å². The number of aromatic nitrogens is 1. The van der Waals surface area contributed by atoms with Gasteiger partial charge in [-0.2, -0.15) is 0 Å². The molecule has 5 heteroatoms. The summed E-state index contributed by atoms with van der Waals surface area (Å²) in [5, 5.41) is 4.08. The highest BCUT2D eigenvalue weighted by atomic mass is 79.9. The van der Waals surface area contributed by atoms with Crippen LogP contribution in [-0.2, 0) is 6.54 Å². The molecule has 1 amide bonds. The topological polar surface area (TPSA) is 43.3 Å². The molecular weight excluding hydrogens is 392 g/mol. The maximum absolute atomic E-state index is 13.0. The minimum absolute atomic E-state index is 0.0970. The van der Waals surface area contributed by atoms with Crippen molar-refractivity contribution in [3.63, 3.8) is 0 Å². The highest BCUT2D eigenvalue weighted by Gasteiger charge is 2.20. The molecule has 0 unspecified atom stereocenters. The first-order chi connectivity index (χ1) is 12.5. The number of carbonyl (C=O) groups excluding carboxylic acids is 1. The molecule has 0 bridgehead atoms. The third-order valence-corrected chi connectivity index (χ3v) is 5.44. The molecule has 0 spiro atoms. The third-order valence-electron chi connectivity index (χ3n) is 4.55. The van der Waals surface area contributed by atoms with Gasteiger partial charge in [0.05, 0.1) is 6.61 Å². The van der Waals surface area contributed by atoms with Crippen LogP contribution in [0.1, 0.15) is 35.5 Å². The molecule has 1 N–H and O–H groups in total. The van der Waals surface area contributed by atoms with Crippen molar-refractivity contribution >= 4 is 38.4 Å². The molecule has 0 fully saturated rings. The Balaban J connectivity index is 2.03. The Morgan fingerprint density at radius 2 is 1.92 bits per heavy atom. The second-order valence-electron chi connectivity index (χ2n) is 6.25. The lowest BCUT2D eigenvalue weighted by atomic mass is 10.1. The van der Waals surface area contributed by atoms with E-state index in [1.165, 1.54) is 0 Å². The van der Waals surface area contributed by atoms with Crippen molar-refractivity contribution in [1.82, 2.24) is 4.57 Å². The molecule has 4 nitrogen and oxygen atoms in total. The van der Waals surface area contributed by atoms with Gasteiger partial charge in [0.2, 0.25) is 0 Å². The van der Waals surface area contributed by atoms with Gasteiger partial charge >= 0.3 is 0 Å². The second kappa shape index (κ2) is 7.54. The van der Waals surface area contributed by atoms with Crippen LogP contribution in [0.25, 0.3) is 10.9 Å². The van der Waals surface area contributed by atoms with E-state index in [0.29, 0.717) is 12.3 Å². The molecule has 0 aliphatic rings. The molecule has 3 aromatic rings. The van der Waals surface area contributed by atoms with E-state index >= 15 is 0 Å². The fourth-order valence-corrected chi connectivity index (χ4v) is 3.54.